The van der Waals surface area contributed by atoms with Crippen LogP contribution in [0.3, 0.4) is 0 Å². The van der Waals surface area contributed by atoms with Crippen molar-refractivity contribution in [3.8, 4) is 0 Å². The monoisotopic (exact) mass is 449 g/mol. The molecular weight excluding hydrogens is 429 g/mol. The highest BCUT2D eigenvalue weighted by Gasteiger charge is 2.54. The maximum atomic E-state index is 12.5. The topological polar surface area (TPSA) is 169 Å². The Morgan fingerprint density at radius 1 is 1.32 bits per heavy atom. The number of carbonyl (C=O) groups excluding carboxylic acids is 1. The van der Waals surface area contributed by atoms with Crippen LogP contribution in [0.5, 0.6) is 0 Å². The van der Waals surface area contributed by atoms with E-state index in [-0.39, 0.29) is 22.9 Å². The van der Waals surface area contributed by atoms with Gasteiger partial charge in [-0.05, 0) is 19.1 Å². The Morgan fingerprint density at radius 2 is 2.06 bits per heavy atom. The van der Waals surface area contributed by atoms with Gasteiger partial charge in [0, 0.05) is 5.56 Å². The van der Waals surface area contributed by atoms with Crippen LogP contribution in [-0.4, -0.2) is 64.9 Å². The molecular formula is C18H20N5O7P. The van der Waals surface area contributed by atoms with Gasteiger partial charge >= 0.3 is 8.25 Å². The lowest BCUT2D eigenvalue weighted by Gasteiger charge is -2.27. The van der Waals surface area contributed by atoms with Gasteiger partial charge in [-0.25, -0.2) is 15.0 Å². The maximum Gasteiger partial charge on any atom is 0.317 e. The second kappa shape index (κ2) is 8.42. The highest BCUT2D eigenvalue weighted by Crippen LogP contribution is 2.42. The predicted molar refractivity (Wildman–Crippen MR) is 107 cm³/mol. The normalized spacial score (nSPS) is 26.8. The maximum absolute atomic E-state index is 12.5. The molecule has 1 amide bonds. The number of carbonyl (C=O) groups is 1. The van der Waals surface area contributed by atoms with Gasteiger partial charge < -0.3 is 29.7 Å². The molecule has 3 aromatic rings. The van der Waals surface area contributed by atoms with Crippen LogP contribution in [0.25, 0.3) is 11.2 Å². The summed E-state index contributed by atoms with van der Waals surface area (Å²) in [5.41, 5.74) is -0.532. The summed E-state index contributed by atoms with van der Waals surface area (Å²) in [6, 6.07) is 8.56. The quantitative estimate of drug-likeness (QED) is 0.389. The summed E-state index contributed by atoms with van der Waals surface area (Å²) in [5.74, 6) is -0.232. The van der Waals surface area contributed by atoms with Gasteiger partial charge in [-0.1, -0.05) is 18.2 Å². The van der Waals surface area contributed by atoms with E-state index >= 15 is 0 Å². The number of fused-ring (bicyclic) bond motifs is 1. The Bertz CT molecular complexity index is 1130. The first-order chi connectivity index (χ1) is 14.8. The third-order valence-corrected chi connectivity index (χ3v) is 5.49. The zero-order chi connectivity index (χ0) is 22.2. The Balaban J connectivity index is 1.66. The molecule has 1 aliphatic rings. The Labute approximate surface area is 176 Å². The van der Waals surface area contributed by atoms with E-state index in [2.05, 4.69) is 20.3 Å². The van der Waals surface area contributed by atoms with Crippen LogP contribution in [0.15, 0.2) is 43.0 Å². The first-order valence-corrected chi connectivity index (χ1v) is 10.5. The fourth-order valence-corrected chi connectivity index (χ4v) is 4.08. The van der Waals surface area contributed by atoms with Crippen LogP contribution in [-0.2, 0) is 13.8 Å². The third-order valence-electron chi connectivity index (χ3n) is 5.04. The molecule has 0 radical (unpaired) electrons. The summed E-state index contributed by atoms with van der Waals surface area (Å²) in [7, 11) is -3.41. The number of aliphatic hydroxyl groups is 2. The second-order valence-corrected chi connectivity index (χ2v) is 7.91. The number of aromatic nitrogens is 4. The molecule has 0 bridgehead atoms. The molecule has 0 aliphatic carbocycles. The van der Waals surface area contributed by atoms with Crippen LogP contribution in [0.1, 0.15) is 23.5 Å². The van der Waals surface area contributed by atoms with Gasteiger partial charge in [0.25, 0.3) is 5.91 Å². The van der Waals surface area contributed by atoms with Crippen molar-refractivity contribution in [1.82, 2.24) is 19.5 Å². The van der Waals surface area contributed by atoms with Crippen molar-refractivity contribution in [3.63, 3.8) is 0 Å². The van der Waals surface area contributed by atoms with Crippen molar-refractivity contribution < 1.29 is 33.7 Å². The van der Waals surface area contributed by atoms with Crippen LogP contribution >= 0.6 is 8.25 Å². The Kier molecular flexibility index (Phi) is 5.84. The van der Waals surface area contributed by atoms with E-state index in [4.69, 9.17) is 14.2 Å². The lowest BCUT2D eigenvalue weighted by molar-refractivity contribution is -0.112. The standard InChI is InChI=1S/C18H20N5O7P/c1-18(7-24)13(30-31(27)28)12(25)17(29-18)23-9-21-11-14(19-8-20-15(11)23)22-16(26)10-5-3-2-4-6-10/h2-6,8-9,12-13,17,24-25,31H,7H2,1H3,(H,27,28)(H,19,20,22,26)/t12-,13+,17-,18?/m1/s1. The lowest BCUT2D eigenvalue weighted by atomic mass is 9.99. The van der Waals surface area contributed by atoms with Gasteiger partial charge in [-0.15, -0.1) is 0 Å². The minimum Gasteiger partial charge on any atom is -0.393 e. The zero-order valence-corrected chi connectivity index (χ0v) is 17.2. The molecule has 5 atom stereocenters. The largest absolute Gasteiger partial charge is 0.393 e. The van der Waals surface area contributed by atoms with Crippen LogP contribution < -0.4 is 5.32 Å². The van der Waals surface area contributed by atoms with Crippen LogP contribution in [0.2, 0.25) is 0 Å². The van der Waals surface area contributed by atoms with E-state index in [0.29, 0.717) is 5.56 Å². The summed E-state index contributed by atoms with van der Waals surface area (Å²) >= 11 is 0. The molecule has 4 rings (SSSR count). The molecule has 1 aliphatic heterocycles. The molecule has 164 valence electrons. The summed E-state index contributed by atoms with van der Waals surface area (Å²) < 4.78 is 23.3. The molecule has 31 heavy (non-hydrogen) atoms. The van der Waals surface area contributed by atoms with Crippen molar-refractivity contribution in [2.24, 2.45) is 0 Å². The molecule has 0 saturated carbocycles. The van der Waals surface area contributed by atoms with Crippen molar-refractivity contribution in [3.05, 3.63) is 48.5 Å². The number of aliphatic hydroxyl groups excluding tert-OH is 2. The molecule has 2 unspecified atom stereocenters. The average molecular weight is 449 g/mol. The van der Waals surface area contributed by atoms with E-state index in [1.807, 2.05) is 0 Å². The van der Waals surface area contributed by atoms with E-state index < -0.39 is 38.9 Å². The highest BCUT2D eigenvalue weighted by atomic mass is 31.1. The van der Waals surface area contributed by atoms with Gasteiger partial charge in [-0.3, -0.25) is 13.9 Å². The Morgan fingerprint density at radius 3 is 2.74 bits per heavy atom. The zero-order valence-electron chi connectivity index (χ0n) is 16.2. The summed E-state index contributed by atoms with van der Waals surface area (Å²) in [5, 5.41) is 23.1. The van der Waals surface area contributed by atoms with E-state index in [9.17, 15) is 19.6 Å². The molecule has 12 nitrogen and oxygen atoms in total. The second-order valence-electron chi connectivity index (χ2n) is 7.14. The third kappa shape index (κ3) is 3.97. The molecule has 0 spiro atoms. The minimum atomic E-state index is -3.41. The van der Waals surface area contributed by atoms with Crippen molar-refractivity contribution in [1.29, 1.82) is 0 Å². The lowest BCUT2D eigenvalue weighted by Crippen LogP contribution is -2.44. The summed E-state index contributed by atoms with van der Waals surface area (Å²) in [6.45, 7) is 0.881. The first kappa shape index (κ1) is 21.5. The molecule has 1 saturated heterocycles. The number of nitrogens with one attached hydrogen (secondary N) is 1. The van der Waals surface area contributed by atoms with Crippen molar-refractivity contribution >= 4 is 31.1 Å². The number of imidazole rings is 1. The van der Waals surface area contributed by atoms with E-state index in [0.717, 1.165) is 0 Å². The minimum absolute atomic E-state index is 0.156. The van der Waals surface area contributed by atoms with Gasteiger partial charge in [0.2, 0.25) is 0 Å². The van der Waals surface area contributed by atoms with Gasteiger partial charge in [0.15, 0.2) is 23.2 Å². The predicted octanol–water partition coefficient (Wildman–Crippen LogP) is 0.486. The number of amides is 1. The number of rotatable bonds is 6. The molecule has 1 fully saturated rings. The SMILES string of the molecule is CC1(CO)O[C@@H](n2cnc3c(NC(=O)c4ccccc4)ncnc32)[C@H](O)[C@@H]1O[PH](=O)O. The fraction of sp³-hybridized carbons (Fsp3) is 0.333. The van der Waals surface area contributed by atoms with Crippen molar-refractivity contribution in [2.75, 3.05) is 11.9 Å². The van der Waals surface area contributed by atoms with Crippen LogP contribution in [0, 0.1) is 0 Å². The van der Waals surface area contributed by atoms with E-state index in [1.165, 1.54) is 24.1 Å². The summed E-state index contributed by atoms with van der Waals surface area (Å²) in [6.07, 6.45) is -1.26. The summed E-state index contributed by atoms with van der Waals surface area (Å²) in [4.78, 5) is 34.1. The Hall–Kier alpha value is -2.73. The number of nitrogens with zero attached hydrogens (tertiary/aromatic N) is 4. The number of benzene rings is 1. The van der Waals surface area contributed by atoms with Gasteiger partial charge in [0.05, 0.1) is 12.9 Å². The average Bonchev–Trinajstić information content (AvgIpc) is 3.30. The number of anilines is 1. The molecule has 13 heteroatoms. The molecule has 4 N–H and O–H groups in total. The first-order valence-electron chi connectivity index (χ1n) is 9.24. The fourth-order valence-electron chi connectivity index (χ4n) is 3.47. The van der Waals surface area contributed by atoms with Crippen LogP contribution in [0.4, 0.5) is 5.82 Å². The smallest absolute Gasteiger partial charge is 0.317 e. The van der Waals surface area contributed by atoms with Gasteiger partial charge in [-0.2, -0.15) is 0 Å². The van der Waals surface area contributed by atoms with E-state index in [1.54, 1.807) is 30.3 Å². The number of hydrogen-bond donors (Lipinski definition) is 4. The number of ether oxygens (including phenoxy) is 1. The highest BCUT2D eigenvalue weighted by molar-refractivity contribution is 7.32. The number of hydrogen-bond acceptors (Lipinski definition) is 9. The van der Waals surface area contributed by atoms with Gasteiger partial charge in [0.1, 0.15) is 24.1 Å². The van der Waals surface area contributed by atoms with Crippen molar-refractivity contribution in [2.45, 2.75) is 31.0 Å². The molecule has 3 heterocycles. The molecule has 2 aromatic heterocycles. The molecule has 1 aromatic carbocycles.